The minimum atomic E-state index is -0.379. The van der Waals surface area contributed by atoms with Crippen molar-refractivity contribution in [2.75, 3.05) is 39.8 Å². The maximum atomic E-state index is 11.7. The molecule has 0 spiro atoms. The SMILES string of the molecule is C/C=C/C(=O)OCCC(C)OC(=O)/C=C/N1CCN(C)CC1. The molecule has 1 heterocycles. The van der Waals surface area contributed by atoms with Crippen LogP contribution in [0.5, 0.6) is 0 Å². The molecule has 124 valence electrons. The van der Waals surface area contributed by atoms with Gasteiger partial charge in [0.1, 0.15) is 6.10 Å². The van der Waals surface area contributed by atoms with Crippen LogP contribution < -0.4 is 0 Å². The Morgan fingerprint density at radius 2 is 1.82 bits per heavy atom. The number of carbonyl (C=O) groups excluding carboxylic acids is 2. The topological polar surface area (TPSA) is 59.1 Å². The standard InChI is InChI=1S/C16H26N2O4/c1-4-5-15(19)21-13-7-14(2)22-16(20)6-8-18-11-9-17(3)10-12-18/h4-6,8,14H,7,9-13H2,1-3H3/b5-4+,8-6+. The average Bonchev–Trinajstić information content (AvgIpc) is 2.47. The summed E-state index contributed by atoms with van der Waals surface area (Å²) in [6.07, 6.45) is 6.41. The molecule has 1 aliphatic heterocycles. The Bertz CT molecular complexity index is 412. The molecule has 1 unspecified atom stereocenters. The van der Waals surface area contributed by atoms with Crippen LogP contribution in [0.2, 0.25) is 0 Å². The van der Waals surface area contributed by atoms with Gasteiger partial charge in [-0.15, -0.1) is 0 Å². The van der Waals surface area contributed by atoms with Crippen LogP contribution in [0.1, 0.15) is 20.3 Å². The number of rotatable bonds is 7. The predicted octanol–water partition coefficient (Wildman–Crippen LogP) is 1.19. The van der Waals surface area contributed by atoms with Crippen molar-refractivity contribution in [2.45, 2.75) is 26.4 Å². The van der Waals surface area contributed by atoms with E-state index in [1.165, 1.54) is 12.2 Å². The lowest BCUT2D eigenvalue weighted by molar-refractivity contribution is -0.144. The van der Waals surface area contributed by atoms with Gasteiger partial charge in [0.2, 0.25) is 0 Å². The van der Waals surface area contributed by atoms with E-state index in [4.69, 9.17) is 9.47 Å². The third kappa shape index (κ3) is 7.83. The zero-order chi connectivity index (χ0) is 16.4. The molecule has 1 rings (SSSR count). The first-order valence-corrected chi connectivity index (χ1v) is 7.62. The van der Waals surface area contributed by atoms with Crippen molar-refractivity contribution in [1.29, 1.82) is 0 Å². The van der Waals surface area contributed by atoms with Gasteiger partial charge in [0.25, 0.3) is 0 Å². The Morgan fingerprint density at radius 1 is 1.14 bits per heavy atom. The number of hydrogen-bond donors (Lipinski definition) is 0. The molecule has 6 heteroatoms. The van der Waals surface area contributed by atoms with Gasteiger partial charge < -0.3 is 19.3 Å². The van der Waals surface area contributed by atoms with E-state index in [9.17, 15) is 9.59 Å². The quantitative estimate of drug-likeness (QED) is 0.520. The minimum absolute atomic E-state index is 0.236. The van der Waals surface area contributed by atoms with Crippen molar-refractivity contribution in [3.8, 4) is 0 Å². The normalized spacial score (nSPS) is 17.9. The molecule has 1 aliphatic rings. The van der Waals surface area contributed by atoms with Crippen LogP contribution >= 0.6 is 0 Å². The highest BCUT2D eigenvalue weighted by Crippen LogP contribution is 2.02. The van der Waals surface area contributed by atoms with Gasteiger partial charge in [-0.3, -0.25) is 0 Å². The molecule has 0 N–H and O–H groups in total. The average molecular weight is 310 g/mol. The minimum Gasteiger partial charge on any atom is -0.462 e. The summed E-state index contributed by atoms with van der Waals surface area (Å²) >= 11 is 0. The zero-order valence-electron chi connectivity index (χ0n) is 13.7. The number of ether oxygens (including phenoxy) is 2. The first kappa shape index (κ1) is 18.2. The Labute approximate surface area is 132 Å². The summed E-state index contributed by atoms with van der Waals surface area (Å²) in [5.41, 5.74) is 0. The van der Waals surface area contributed by atoms with Gasteiger partial charge >= 0.3 is 11.9 Å². The van der Waals surface area contributed by atoms with E-state index >= 15 is 0 Å². The summed E-state index contributed by atoms with van der Waals surface area (Å²) in [7, 11) is 2.08. The van der Waals surface area contributed by atoms with E-state index in [1.54, 1.807) is 26.1 Å². The molecule has 0 bridgehead atoms. The molecular formula is C16H26N2O4. The van der Waals surface area contributed by atoms with Gasteiger partial charge in [-0.1, -0.05) is 6.08 Å². The van der Waals surface area contributed by atoms with Crippen LogP contribution in [0.25, 0.3) is 0 Å². The molecule has 0 aromatic rings. The van der Waals surface area contributed by atoms with Crippen molar-refractivity contribution in [3.05, 3.63) is 24.4 Å². The van der Waals surface area contributed by atoms with Gasteiger partial charge in [-0.25, -0.2) is 9.59 Å². The summed E-state index contributed by atoms with van der Waals surface area (Å²) in [6, 6.07) is 0. The summed E-state index contributed by atoms with van der Waals surface area (Å²) in [5, 5.41) is 0. The fourth-order valence-electron chi connectivity index (χ4n) is 1.94. The molecule has 1 atom stereocenters. The Balaban J connectivity index is 2.19. The Morgan fingerprint density at radius 3 is 2.45 bits per heavy atom. The van der Waals surface area contributed by atoms with E-state index < -0.39 is 0 Å². The third-order valence-corrected chi connectivity index (χ3v) is 3.35. The van der Waals surface area contributed by atoms with E-state index in [-0.39, 0.29) is 24.6 Å². The van der Waals surface area contributed by atoms with Crippen LogP contribution in [0, 0.1) is 0 Å². The summed E-state index contributed by atoms with van der Waals surface area (Å²) in [4.78, 5) is 27.2. The van der Waals surface area contributed by atoms with Crippen molar-refractivity contribution in [2.24, 2.45) is 0 Å². The van der Waals surface area contributed by atoms with Gasteiger partial charge in [0.05, 0.1) is 6.61 Å². The molecule has 0 aromatic heterocycles. The smallest absolute Gasteiger partial charge is 0.332 e. The van der Waals surface area contributed by atoms with Gasteiger partial charge in [0.15, 0.2) is 0 Å². The van der Waals surface area contributed by atoms with Crippen LogP contribution in [-0.4, -0.2) is 67.7 Å². The van der Waals surface area contributed by atoms with Crippen molar-refractivity contribution >= 4 is 11.9 Å². The first-order chi connectivity index (χ1) is 10.5. The molecule has 1 saturated heterocycles. The number of nitrogens with zero attached hydrogens (tertiary/aromatic N) is 2. The zero-order valence-corrected chi connectivity index (χ0v) is 13.7. The summed E-state index contributed by atoms with van der Waals surface area (Å²) in [5.74, 6) is -0.748. The summed E-state index contributed by atoms with van der Waals surface area (Å²) < 4.78 is 10.2. The molecule has 0 aromatic carbocycles. The van der Waals surface area contributed by atoms with E-state index in [0.717, 1.165) is 26.2 Å². The largest absolute Gasteiger partial charge is 0.462 e. The lowest BCUT2D eigenvalue weighted by atomic mass is 10.3. The second-order valence-corrected chi connectivity index (χ2v) is 5.36. The molecule has 0 radical (unpaired) electrons. The monoisotopic (exact) mass is 310 g/mol. The van der Waals surface area contributed by atoms with E-state index in [1.807, 2.05) is 0 Å². The molecule has 0 amide bonds. The van der Waals surface area contributed by atoms with Crippen LogP contribution in [0.4, 0.5) is 0 Å². The number of allylic oxidation sites excluding steroid dienone is 1. The molecular weight excluding hydrogens is 284 g/mol. The molecule has 6 nitrogen and oxygen atoms in total. The van der Waals surface area contributed by atoms with Crippen LogP contribution in [0.15, 0.2) is 24.4 Å². The second-order valence-electron chi connectivity index (χ2n) is 5.36. The third-order valence-electron chi connectivity index (χ3n) is 3.35. The number of piperazine rings is 1. The van der Waals surface area contributed by atoms with Crippen molar-refractivity contribution in [3.63, 3.8) is 0 Å². The molecule has 1 fully saturated rings. The van der Waals surface area contributed by atoms with E-state index in [0.29, 0.717) is 6.42 Å². The lowest BCUT2D eigenvalue weighted by Crippen LogP contribution is -2.41. The van der Waals surface area contributed by atoms with Crippen LogP contribution in [-0.2, 0) is 19.1 Å². The predicted molar refractivity (Wildman–Crippen MR) is 84.2 cm³/mol. The highest BCUT2D eigenvalue weighted by Gasteiger charge is 2.11. The fourth-order valence-corrected chi connectivity index (χ4v) is 1.94. The maximum Gasteiger partial charge on any atom is 0.332 e. The molecule has 0 aliphatic carbocycles. The van der Waals surface area contributed by atoms with Gasteiger partial charge in [-0.05, 0) is 20.9 Å². The molecule has 0 saturated carbocycles. The number of likely N-dealkylation sites (N-methyl/N-ethyl adjacent to an activating group) is 1. The Kier molecular flexibility index (Phi) is 8.28. The maximum absolute atomic E-state index is 11.7. The molecule has 22 heavy (non-hydrogen) atoms. The lowest BCUT2D eigenvalue weighted by Gasteiger charge is -2.31. The van der Waals surface area contributed by atoms with Crippen molar-refractivity contribution < 1.29 is 19.1 Å². The van der Waals surface area contributed by atoms with Gasteiger partial charge in [0, 0.05) is 51.0 Å². The second kappa shape index (κ2) is 10.00. The van der Waals surface area contributed by atoms with Gasteiger partial charge in [-0.2, -0.15) is 0 Å². The number of hydrogen-bond acceptors (Lipinski definition) is 6. The van der Waals surface area contributed by atoms with Crippen molar-refractivity contribution in [1.82, 2.24) is 9.80 Å². The number of esters is 2. The van der Waals surface area contributed by atoms with E-state index in [2.05, 4.69) is 16.8 Å². The first-order valence-electron chi connectivity index (χ1n) is 7.62. The number of carbonyl (C=O) groups is 2. The Hall–Kier alpha value is -1.82. The van der Waals surface area contributed by atoms with Crippen LogP contribution in [0.3, 0.4) is 0 Å². The highest BCUT2D eigenvalue weighted by atomic mass is 16.6. The fraction of sp³-hybridized carbons (Fsp3) is 0.625. The summed E-state index contributed by atoms with van der Waals surface area (Å²) in [6.45, 7) is 7.58. The highest BCUT2D eigenvalue weighted by molar-refractivity contribution is 5.82.